The molecule has 10 heteroatoms. The summed E-state index contributed by atoms with van der Waals surface area (Å²) in [6.07, 6.45) is 3.91. The molecular weight excluding hydrogens is 510 g/mol. The molecule has 4 heterocycles. The molecule has 1 saturated heterocycles. The van der Waals surface area contributed by atoms with Gasteiger partial charge in [-0.05, 0) is 70.9 Å². The summed E-state index contributed by atoms with van der Waals surface area (Å²) in [5.41, 5.74) is 8.91. The third-order valence-electron chi connectivity index (χ3n) is 7.10. The van der Waals surface area contributed by atoms with Crippen molar-refractivity contribution in [2.24, 2.45) is 5.92 Å². The van der Waals surface area contributed by atoms with Crippen molar-refractivity contribution >= 4 is 61.3 Å². The number of fused-ring (bicyclic) bond motifs is 4. The molecule has 0 unspecified atom stereocenters. The molecule has 3 aromatic heterocycles. The minimum Gasteiger partial charge on any atom is -0.383 e. The number of aromatic nitrogens is 4. The van der Waals surface area contributed by atoms with Crippen molar-refractivity contribution in [2.45, 2.75) is 44.8 Å². The normalized spacial score (nSPS) is 20.9. The van der Waals surface area contributed by atoms with E-state index in [4.69, 9.17) is 5.73 Å². The SMILES string of the molecule is CCc1ccc2c(c1)c1c(N)ncnc1n2CC(=O)N1[C@@H]2C[C@@H]2C[C@H]1C(=O)Nc1cccc(Br)n1. The highest BCUT2D eigenvalue weighted by Crippen LogP contribution is 2.48. The van der Waals surface area contributed by atoms with Crippen LogP contribution < -0.4 is 11.1 Å². The Labute approximate surface area is 209 Å². The lowest BCUT2D eigenvalue weighted by atomic mass is 10.1. The van der Waals surface area contributed by atoms with E-state index in [1.807, 2.05) is 16.7 Å². The van der Waals surface area contributed by atoms with E-state index < -0.39 is 6.04 Å². The highest BCUT2D eigenvalue weighted by atomic mass is 79.9. The molecular formula is C25H24BrN7O2. The maximum atomic E-state index is 13.7. The van der Waals surface area contributed by atoms with E-state index in [-0.39, 0.29) is 24.4 Å². The number of nitrogens with zero attached hydrogens (tertiary/aromatic N) is 5. The van der Waals surface area contributed by atoms with Crippen LogP contribution in [0.15, 0.2) is 47.3 Å². The number of benzene rings is 1. The van der Waals surface area contributed by atoms with Crippen molar-refractivity contribution in [2.75, 3.05) is 11.1 Å². The molecule has 3 N–H and O–H groups in total. The first-order valence-corrected chi connectivity index (χ1v) is 12.5. The summed E-state index contributed by atoms with van der Waals surface area (Å²) < 4.78 is 2.53. The third-order valence-corrected chi connectivity index (χ3v) is 7.54. The molecule has 35 heavy (non-hydrogen) atoms. The molecule has 2 amide bonds. The topological polar surface area (TPSA) is 119 Å². The number of likely N-dealkylation sites (tertiary alicyclic amines) is 1. The van der Waals surface area contributed by atoms with Crippen LogP contribution in [0, 0.1) is 5.92 Å². The molecule has 1 aromatic carbocycles. The van der Waals surface area contributed by atoms with E-state index in [1.165, 1.54) is 11.9 Å². The highest BCUT2D eigenvalue weighted by molar-refractivity contribution is 9.10. The van der Waals surface area contributed by atoms with Gasteiger partial charge in [0.1, 0.15) is 40.8 Å². The van der Waals surface area contributed by atoms with Gasteiger partial charge in [0, 0.05) is 11.4 Å². The number of rotatable bonds is 5. The molecule has 4 aromatic rings. The summed E-state index contributed by atoms with van der Waals surface area (Å²) in [6.45, 7) is 2.17. The molecule has 6 rings (SSSR count). The zero-order chi connectivity index (χ0) is 24.3. The van der Waals surface area contributed by atoms with Crippen LogP contribution in [0.3, 0.4) is 0 Å². The van der Waals surface area contributed by atoms with Crippen molar-refractivity contribution in [3.05, 3.63) is 52.9 Å². The summed E-state index contributed by atoms with van der Waals surface area (Å²) in [6, 6.07) is 11.1. The van der Waals surface area contributed by atoms with Gasteiger partial charge in [-0.3, -0.25) is 9.59 Å². The number of nitrogen functional groups attached to an aromatic ring is 1. The highest BCUT2D eigenvalue weighted by Gasteiger charge is 2.56. The summed E-state index contributed by atoms with van der Waals surface area (Å²) in [5, 5.41) is 4.56. The number of hydrogen-bond donors (Lipinski definition) is 2. The molecule has 1 saturated carbocycles. The first kappa shape index (κ1) is 22.0. The van der Waals surface area contributed by atoms with Crippen molar-refractivity contribution in [3.63, 3.8) is 0 Å². The minimum absolute atomic E-state index is 0.0735. The number of carbonyl (C=O) groups excluding carboxylic acids is 2. The largest absolute Gasteiger partial charge is 0.383 e. The van der Waals surface area contributed by atoms with Crippen LogP contribution in [0.1, 0.15) is 25.3 Å². The summed E-state index contributed by atoms with van der Waals surface area (Å²) in [7, 11) is 0. The zero-order valence-electron chi connectivity index (χ0n) is 19.1. The van der Waals surface area contributed by atoms with E-state index in [0.29, 0.717) is 34.2 Å². The number of amides is 2. The second-order valence-electron chi connectivity index (χ2n) is 9.20. The fourth-order valence-corrected chi connectivity index (χ4v) is 5.66. The Kier molecular flexibility index (Phi) is 5.21. The number of hydrogen-bond acceptors (Lipinski definition) is 6. The summed E-state index contributed by atoms with van der Waals surface area (Å²) in [4.78, 5) is 41.5. The van der Waals surface area contributed by atoms with Crippen LogP contribution >= 0.6 is 15.9 Å². The Hall–Kier alpha value is -3.53. The Bertz CT molecular complexity index is 1500. The number of nitrogens with one attached hydrogen (secondary N) is 1. The van der Waals surface area contributed by atoms with Gasteiger partial charge in [0.15, 0.2) is 0 Å². The smallest absolute Gasteiger partial charge is 0.248 e. The lowest BCUT2D eigenvalue weighted by Crippen LogP contribution is -2.46. The van der Waals surface area contributed by atoms with E-state index in [0.717, 1.165) is 29.1 Å². The van der Waals surface area contributed by atoms with Gasteiger partial charge in [0.05, 0.1) is 10.9 Å². The maximum absolute atomic E-state index is 13.7. The first-order chi connectivity index (χ1) is 16.9. The maximum Gasteiger partial charge on any atom is 0.248 e. The van der Waals surface area contributed by atoms with Gasteiger partial charge >= 0.3 is 0 Å². The zero-order valence-corrected chi connectivity index (χ0v) is 20.7. The summed E-state index contributed by atoms with van der Waals surface area (Å²) in [5.74, 6) is 0.902. The average molecular weight is 534 g/mol. The molecule has 1 aliphatic carbocycles. The van der Waals surface area contributed by atoms with Crippen molar-refractivity contribution in [1.29, 1.82) is 0 Å². The van der Waals surface area contributed by atoms with E-state index in [2.05, 4.69) is 55.3 Å². The molecule has 9 nitrogen and oxygen atoms in total. The van der Waals surface area contributed by atoms with E-state index in [1.54, 1.807) is 17.0 Å². The Balaban J connectivity index is 1.33. The van der Waals surface area contributed by atoms with Gasteiger partial charge in [-0.15, -0.1) is 0 Å². The first-order valence-electron chi connectivity index (χ1n) is 11.7. The van der Waals surface area contributed by atoms with E-state index in [9.17, 15) is 9.59 Å². The Morgan fingerprint density at radius 2 is 2.06 bits per heavy atom. The minimum atomic E-state index is -0.522. The van der Waals surface area contributed by atoms with Gasteiger partial charge in [-0.2, -0.15) is 0 Å². The second kappa shape index (κ2) is 8.30. The molecule has 2 aliphatic rings. The number of anilines is 2. The quantitative estimate of drug-likeness (QED) is 0.379. The van der Waals surface area contributed by atoms with Crippen LogP contribution in [0.25, 0.3) is 21.9 Å². The van der Waals surface area contributed by atoms with Crippen LogP contribution in [0.4, 0.5) is 11.6 Å². The van der Waals surface area contributed by atoms with Gasteiger partial charge < -0.3 is 20.5 Å². The molecule has 1 aliphatic heterocycles. The number of piperidine rings is 1. The second-order valence-corrected chi connectivity index (χ2v) is 10.0. The van der Waals surface area contributed by atoms with Gasteiger partial charge in [-0.1, -0.05) is 19.1 Å². The number of nitrogens with two attached hydrogens (primary N) is 1. The molecule has 0 spiro atoms. The van der Waals surface area contributed by atoms with Gasteiger partial charge in [0.2, 0.25) is 11.8 Å². The van der Waals surface area contributed by atoms with Gasteiger partial charge in [-0.25, -0.2) is 15.0 Å². The fourth-order valence-electron chi connectivity index (χ4n) is 5.32. The van der Waals surface area contributed by atoms with Crippen molar-refractivity contribution < 1.29 is 9.59 Å². The predicted octanol–water partition coefficient (Wildman–Crippen LogP) is 3.51. The van der Waals surface area contributed by atoms with Gasteiger partial charge in [0.25, 0.3) is 0 Å². The Morgan fingerprint density at radius 3 is 2.86 bits per heavy atom. The standard InChI is InChI=1S/C25H24BrN7O2/c1-2-13-6-7-16-15(8-13)22-23(27)28-12-29-24(22)32(16)11-21(34)33-17-9-14(17)10-18(33)25(35)31-20-5-3-4-19(26)30-20/h3-8,12,14,17-18H,2,9-11H2,1H3,(H2,27,28,29)(H,30,31,35)/t14-,17-,18+/m1/s1. The number of carbonyl (C=O) groups is 2. The third kappa shape index (κ3) is 3.72. The Morgan fingerprint density at radius 1 is 1.20 bits per heavy atom. The molecule has 178 valence electrons. The van der Waals surface area contributed by atoms with Crippen molar-refractivity contribution in [1.82, 2.24) is 24.4 Å². The average Bonchev–Trinajstić information content (AvgIpc) is 3.39. The van der Waals surface area contributed by atoms with E-state index >= 15 is 0 Å². The number of halogens is 1. The van der Waals surface area contributed by atoms with Crippen LogP contribution in [0.5, 0.6) is 0 Å². The molecule has 0 radical (unpaired) electrons. The number of aryl methyl sites for hydroxylation is 1. The lowest BCUT2D eigenvalue weighted by molar-refractivity contribution is -0.138. The fraction of sp³-hybridized carbons (Fsp3) is 0.320. The van der Waals surface area contributed by atoms with Crippen LogP contribution in [-0.4, -0.2) is 48.3 Å². The number of pyridine rings is 1. The predicted molar refractivity (Wildman–Crippen MR) is 137 cm³/mol. The van der Waals surface area contributed by atoms with Crippen LogP contribution in [-0.2, 0) is 22.6 Å². The molecule has 0 bridgehead atoms. The van der Waals surface area contributed by atoms with Crippen molar-refractivity contribution in [3.8, 4) is 0 Å². The lowest BCUT2D eigenvalue weighted by Gasteiger charge is -2.27. The van der Waals surface area contributed by atoms with Crippen LogP contribution in [0.2, 0.25) is 0 Å². The molecule has 2 fully saturated rings. The molecule has 3 atom stereocenters. The summed E-state index contributed by atoms with van der Waals surface area (Å²) >= 11 is 3.33. The monoisotopic (exact) mass is 533 g/mol.